The van der Waals surface area contributed by atoms with Crippen molar-refractivity contribution in [3.8, 4) is 6.07 Å². The zero-order valence-corrected chi connectivity index (χ0v) is 16.6. The number of rotatable bonds is 4. The molecule has 0 unspecified atom stereocenters. The molecule has 1 aliphatic carbocycles. The van der Waals surface area contributed by atoms with Crippen LogP contribution in [0.4, 0.5) is 5.69 Å². The molecule has 8 heteroatoms. The number of amides is 2. The lowest BCUT2D eigenvalue weighted by atomic mass is 9.83. The summed E-state index contributed by atoms with van der Waals surface area (Å²) in [6.45, 7) is 1.49. The van der Waals surface area contributed by atoms with E-state index in [1.165, 1.54) is 6.92 Å². The Balaban J connectivity index is 1.64. The summed E-state index contributed by atoms with van der Waals surface area (Å²) in [5.41, 5.74) is -0.0414. The summed E-state index contributed by atoms with van der Waals surface area (Å²) in [5, 5.41) is 15.0. The van der Waals surface area contributed by atoms with Crippen LogP contribution in [0.25, 0.3) is 0 Å². The fourth-order valence-electron chi connectivity index (χ4n) is 3.39. The summed E-state index contributed by atoms with van der Waals surface area (Å²) in [5.74, 6) is -0.543. The molecule has 2 amide bonds. The summed E-state index contributed by atoms with van der Waals surface area (Å²) in [6.07, 6.45) is 3.44. The fourth-order valence-corrected chi connectivity index (χ4v) is 4.32. The summed E-state index contributed by atoms with van der Waals surface area (Å²) >= 11 is 1.54. The van der Waals surface area contributed by atoms with Crippen LogP contribution in [-0.4, -0.2) is 35.2 Å². The van der Waals surface area contributed by atoms with E-state index in [4.69, 9.17) is 4.74 Å². The molecule has 3 rings (SSSR count). The van der Waals surface area contributed by atoms with E-state index < -0.39 is 23.5 Å². The number of ether oxygens (including phenoxy) is 1. The molecule has 1 aromatic rings. The first-order valence-electron chi connectivity index (χ1n) is 9.43. The zero-order chi connectivity index (χ0) is 20.1. The zero-order valence-electron chi connectivity index (χ0n) is 15.7. The molecule has 7 nitrogen and oxygen atoms in total. The number of anilines is 1. The third kappa shape index (κ3) is 4.65. The Morgan fingerprint density at radius 3 is 2.79 bits per heavy atom. The van der Waals surface area contributed by atoms with Gasteiger partial charge in [-0.1, -0.05) is 19.3 Å². The van der Waals surface area contributed by atoms with Gasteiger partial charge in [0.15, 0.2) is 6.10 Å². The molecular formula is C20H23N3O4S. The molecular weight excluding hydrogens is 378 g/mol. The quantitative estimate of drug-likeness (QED) is 0.751. The van der Waals surface area contributed by atoms with Crippen LogP contribution in [-0.2, 0) is 14.3 Å². The number of nitrogens with zero attached hydrogens (tertiary/aromatic N) is 1. The van der Waals surface area contributed by atoms with Gasteiger partial charge >= 0.3 is 5.97 Å². The van der Waals surface area contributed by atoms with Crippen LogP contribution in [0.3, 0.4) is 0 Å². The second kappa shape index (κ2) is 8.65. The van der Waals surface area contributed by atoms with Crippen molar-refractivity contribution in [2.24, 2.45) is 0 Å². The molecule has 1 atom stereocenters. The summed E-state index contributed by atoms with van der Waals surface area (Å²) in [4.78, 5) is 37.5. The SMILES string of the molecule is C[C@H](OC(=O)c1ccc2c(c1)NC(=O)CCS2)C(=O)NC1(C#N)CCCCC1. The van der Waals surface area contributed by atoms with Crippen LogP contribution in [0.1, 0.15) is 55.8 Å². The van der Waals surface area contributed by atoms with Crippen molar-refractivity contribution in [2.45, 2.75) is 62.0 Å². The normalized spacial score (nSPS) is 19.2. The second-order valence-electron chi connectivity index (χ2n) is 7.15. The molecule has 0 aromatic heterocycles. The summed E-state index contributed by atoms with van der Waals surface area (Å²) in [7, 11) is 0. The third-order valence-corrected chi connectivity index (χ3v) is 6.09. The van der Waals surface area contributed by atoms with Gasteiger partial charge in [0.2, 0.25) is 5.91 Å². The highest BCUT2D eigenvalue weighted by Crippen LogP contribution is 2.32. The molecule has 28 heavy (non-hydrogen) atoms. The van der Waals surface area contributed by atoms with E-state index in [1.807, 2.05) is 0 Å². The van der Waals surface area contributed by atoms with E-state index in [9.17, 15) is 19.6 Å². The van der Waals surface area contributed by atoms with Gasteiger partial charge in [-0.25, -0.2) is 4.79 Å². The van der Waals surface area contributed by atoms with Gasteiger partial charge in [-0.15, -0.1) is 11.8 Å². The lowest BCUT2D eigenvalue weighted by Gasteiger charge is -2.32. The predicted molar refractivity (Wildman–Crippen MR) is 105 cm³/mol. The van der Waals surface area contributed by atoms with Crippen molar-refractivity contribution < 1.29 is 19.1 Å². The van der Waals surface area contributed by atoms with Crippen LogP contribution in [0.2, 0.25) is 0 Å². The minimum Gasteiger partial charge on any atom is -0.449 e. The van der Waals surface area contributed by atoms with Gasteiger partial charge < -0.3 is 15.4 Å². The van der Waals surface area contributed by atoms with E-state index in [-0.39, 0.29) is 11.5 Å². The van der Waals surface area contributed by atoms with Crippen LogP contribution in [0, 0.1) is 11.3 Å². The Labute approximate surface area is 168 Å². The summed E-state index contributed by atoms with van der Waals surface area (Å²) < 4.78 is 5.30. The molecule has 0 bridgehead atoms. The monoisotopic (exact) mass is 401 g/mol. The highest BCUT2D eigenvalue weighted by molar-refractivity contribution is 7.99. The Hall–Kier alpha value is -2.53. The molecule has 2 aliphatic rings. The largest absolute Gasteiger partial charge is 0.449 e. The minimum atomic E-state index is -1.03. The molecule has 1 heterocycles. The number of nitrogens with one attached hydrogen (secondary N) is 2. The Bertz CT molecular complexity index is 827. The topological polar surface area (TPSA) is 108 Å². The maximum Gasteiger partial charge on any atom is 0.338 e. The van der Waals surface area contributed by atoms with E-state index in [1.54, 1.807) is 30.0 Å². The van der Waals surface area contributed by atoms with Gasteiger partial charge in [0.05, 0.1) is 17.3 Å². The van der Waals surface area contributed by atoms with Crippen molar-refractivity contribution in [3.05, 3.63) is 23.8 Å². The van der Waals surface area contributed by atoms with Crippen molar-refractivity contribution in [1.82, 2.24) is 5.32 Å². The van der Waals surface area contributed by atoms with Gasteiger partial charge in [0.25, 0.3) is 5.91 Å². The second-order valence-corrected chi connectivity index (χ2v) is 8.29. The highest BCUT2D eigenvalue weighted by Gasteiger charge is 2.35. The number of hydrogen-bond donors (Lipinski definition) is 2. The van der Waals surface area contributed by atoms with Crippen LogP contribution >= 0.6 is 11.8 Å². The Kier molecular flexibility index (Phi) is 6.25. The molecule has 0 saturated heterocycles. The standard InChI is InChI=1S/C20H23N3O4S/c1-13(18(25)23-20(12-21)8-3-2-4-9-20)27-19(26)14-5-6-16-15(11-14)22-17(24)7-10-28-16/h5-6,11,13H,2-4,7-10H2,1H3,(H,22,24)(H,23,25)/t13-/m0/s1. The number of carbonyl (C=O) groups excluding carboxylic acids is 3. The van der Waals surface area contributed by atoms with Gasteiger partial charge in [-0.2, -0.15) is 5.26 Å². The first-order valence-corrected chi connectivity index (χ1v) is 10.4. The van der Waals surface area contributed by atoms with Crippen LogP contribution < -0.4 is 10.6 Å². The maximum absolute atomic E-state index is 12.5. The lowest BCUT2D eigenvalue weighted by molar-refractivity contribution is -0.130. The number of hydrogen-bond acceptors (Lipinski definition) is 6. The van der Waals surface area contributed by atoms with E-state index >= 15 is 0 Å². The molecule has 0 radical (unpaired) electrons. The van der Waals surface area contributed by atoms with Gasteiger partial charge in [-0.3, -0.25) is 9.59 Å². The fraction of sp³-hybridized carbons (Fsp3) is 0.500. The molecule has 0 spiro atoms. The molecule has 1 saturated carbocycles. The van der Waals surface area contributed by atoms with E-state index in [0.717, 1.165) is 24.2 Å². The molecule has 1 aromatic carbocycles. The third-order valence-electron chi connectivity index (χ3n) is 5.01. The average molecular weight is 401 g/mol. The van der Waals surface area contributed by atoms with Crippen molar-refractivity contribution >= 4 is 35.2 Å². The minimum absolute atomic E-state index is 0.0983. The smallest absolute Gasteiger partial charge is 0.338 e. The summed E-state index contributed by atoms with van der Waals surface area (Å²) in [6, 6.07) is 7.17. The number of nitriles is 1. The molecule has 1 fully saturated rings. The van der Waals surface area contributed by atoms with Gasteiger partial charge in [0.1, 0.15) is 5.54 Å². The van der Waals surface area contributed by atoms with Crippen LogP contribution in [0.15, 0.2) is 23.1 Å². The van der Waals surface area contributed by atoms with Crippen molar-refractivity contribution in [1.29, 1.82) is 5.26 Å². The highest BCUT2D eigenvalue weighted by atomic mass is 32.2. The van der Waals surface area contributed by atoms with Crippen molar-refractivity contribution in [2.75, 3.05) is 11.1 Å². The molecule has 2 N–H and O–H groups in total. The Morgan fingerprint density at radius 1 is 1.32 bits per heavy atom. The molecule has 1 aliphatic heterocycles. The number of thioether (sulfide) groups is 1. The first-order chi connectivity index (χ1) is 13.4. The van der Waals surface area contributed by atoms with E-state index in [0.29, 0.717) is 30.7 Å². The van der Waals surface area contributed by atoms with Crippen LogP contribution in [0.5, 0.6) is 0 Å². The van der Waals surface area contributed by atoms with E-state index in [2.05, 4.69) is 16.7 Å². The lowest BCUT2D eigenvalue weighted by Crippen LogP contribution is -2.52. The molecule has 148 valence electrons. The Morgan fingerprint density at radius 2 is 2.07 bits per heavy atom. The number of benzene rings is 1. The number of carbonyl (C=O) groups is 3. The maximum atomic E-state index is 12.5. The van der Waals surface area contributed by atoms with Crippen molar-refractivity contribution in [3.63, 3.8) is 0 Å². The average Bonchev–Trinajstić information content (AvgIpc) is 2.88. The number of esters is 1. The van der Waals surface area contributed by atoms with Gasteiger partial charge in [0, 0.05) is 17.1 Å². The van der Waals surface area contributed by atoms with Gasteiger partial charge in [-0.05, 0) is 38.0 Å². The number of fused-ring (bicyclic) bond motifs is 1. The predicted octanol–water partition coefficient (Wildman–Crippen LogP) is 3.01. The first kappa shape index (κ1) is 20.2.